The van der Waals surface area contributed by atoms with E-state index in [-0.39, 0.29) is 0 Å². The molecule has 0 saturated heterocycles. The van der Waals surface area contributed by atoms with Gasteiger partial charge in [0.15, 0.2) is 0 Å². The van der Waals surface area contributed by atoms with Crippen LogP contribution in [0, 0.1) is 0 Å². The second-order valence-electron chi connectivity index (χ2n) is 2.40. The van der Waals surface area contributed by atoms with E-state index >= 15 is 0 Å². The largest absolute Gasteiger partial charge is 0.472 e. The molecule has 11 heteroatoms. The zero-order chi connectivity index (χ0) is 11.6. The number of rotatable bonds is 0. The molecule has 1 heterocycles. The lowest BCUT2D eigenvalue weighted by atomic mass is 10.9. The summed E-state index contributed by atoms with van der Waals surface area (Å²) in [7, 11) is -10.9. The molecule has 0 spiro atoms. The summed E-state index contributed by atoms with van der Waals surface area (Å²) in [4.78, 5) is 0. The Morgan fingerprint density at radius 3 is 1.43 bits per heavy atom. The SMILES string of the molecule is FC1=C(F)S(F)(F)(F)(F)C(F)(F)N1F. The first kappa shape index (κ1) is 11.3. The molecule has 1 aliphatic rings. The van der Waals surface area contributed by atoms with Crippen LogP contribution in [0.2, 0.25) is 0 Å². The van der Waals surface area contributed by atoms with E-state index in [2.05, 4.69) is 0 Å². The molecule has 0 saturated carbocycles. The molecule has 0 aromatic rings. The van der Waals surface area contributed by atoms with Crippen LogP contribution in [0.1, 0.15) is 0 Å². The lowest BCUT2D eigenvalue weighted by Gasteiger charge is -2.47. The number of nitrogens with zero attached hydrogens (tertiary/aromatic N) is 1. The molecule has 0 aromatic carbocycles. The highest BCUT2D eigenvalue weighted by molar-refractivity contribution is 8.53. The quantitative estimate of drug-likeness (QED) is 0.355. The summed E-state index contributed by atoms with van der Waals surface area (Å²) in [5.41, 5.74) is 0. The van der Waals surface area contributed by atoms with Crippen LogP contribution in [0.15, 0.2) is 11.1 Å². The van der Waals surface area contributed by atoms with Gasteiger partial charge in [0.05, 0.1) is 0 Å². The zero-order valence-electron chi connectivity index (χ0n) is 5.76. The van der Waals surface area contributed by atoms with Crippen molar-refractivity contribution in [2.45, 2.75) is 5.38 Å². The van der Waals surface area contributed by atoms with Crippen LogP contribution < -0.4 is 0 Å². The number of hydrogen-bond acceptors (Lipinski definition) is 1. The fraction of sp³-hybridized carbons (Fsp3) is 0.333. The molecular formula is C3F9NS. The van der Waals surface area contributed by atoms with Gasteiger partial charge >= 0.3 is 5.38 Å². The highest BCUT2D eigenvalue weighted by Gasteiger charge is 2.93. The van der Waals surface area contributed by atoms with Gasteiger partial charge in [-0.2, -0.15) is 17.6 Å². The molecule has 0 amide bonds. The number of halogens is 9. The van der Waals surface area contributed by atoms with Crippen molar-refractivity contribution >= 4 is 9.84 Å². The molecule has 0 atom stereocenters. The van der Waals surface area contributed by atoms with Gasteiger partial charge in [-0.3, -0.25) is 0 Å². The van der Waals surface area contributed by atoms with Crippen molar-refractivity contribution in [3.63, 3.8) is 0 Å². The molecule has 86 valence electrons. The Balaban J connectivity index is 3.67. The molecular weight excluding hydrogens is 253 g/mol. The third kappa shape index (κ3) is 0.810. The first-order valence-corrected chi connectivity index (χ1v) is 4.70. The maximum atomic E-state index is 12.1. The molecule has 0 bridgehead atoms. The summed E-state index contributed by atoms with van der Waals surface area (Å²) < 4.78 is 108. The van der Waals surface area contributed by atoms with Crippen LogP contribution >= 0.6 is 9.84 Å². The van der Waals surface area contributed by atoms with Crippen molar-refractivity contribution in [3.8, 4) is 0 Å². The predicted molar refractivity (Wildman–Crippen MR) is 29.2 cm³/mol. The third-order valence-electron chi connectivity index (χ3n) is 1.42. The molecule has 1 aliphatic heterocycles. The normalized spacial score (nSPS) is 37.1. The highest BCUT2D eigenvalue weighted by Crippen LogP contribution is 3.09. The molecule has 1 nitrogen and oxygen atoms in total. The summed E-state index contributed by atoms with van der Waals surface area (Å²) in [6.07, 6.45) is 0. The minimum Gasteiger partial charge on any atom is -0.187 e. The van der Waals surface area contributed by atoms with Crippen molar-refractivity contribution < 1.29 is 37.6 Å². The molecule has 0 fully saturated rings. The average molecular weight is 253 g/mol. The zero-order valence-corrected chi connectivity index (χ0v) is 6.57. The maximum absolute atomic E-state index is 12.1. The molecule has 1 rings (SSSR count). The van der Waals surface area contributed by atoms with Crippen LogP contribution in [-0.4, -0.2) is 10.5 Å². The van der Waals surface area contributed by atoms with E-state index in [0.29, 0.717) is 0 Å². The van der Waals surface area contributed by atoms with E-state index in [4.69, 9.17) is 0 Å². The van der Waals surface area contributed by atoms with Gasteiger partial charge in [-0.15, -0.1) is 15.5 Å². The molecule has 0 aliphatic carbocycles. The van der Waals surface area contributed by atoms with E-state index in [1.807, 2.05) is 0 Å². The summed E-state index contributed by atoms with van der Waals surface area (Å²) in [5, 5.41) is -14.1. The van der Waals surface area contributed by atoms with Crippen molar-refractivity contribution in [3.05, 3.63) is 11.1 Å². The van der Waals surface area contributed by atoms with Gasteiger partial charge in [-0.05, 0) is 0 Å². The Bertz CT molecular complexity index is 336. The third-order valence-corrected chi connectivity index (χ3v) is 3.46. The van der Waals surface area contributed by atoms with Crippen LogP contribution in [0.5, 0.6) is 0 Å². The monoisotopic (exact) mass is 253 g/mol. The fourth-order valence-corrected chi connectivity index (χ4v) is 1.67. The standard InChI is InChI=1S/C3F9NS/c4-1-2(5)14(9,10,11,12)3(6,7)13(1)8. The summed E-state index contributed by atoms with van der Waals surface area (Å²) in [5.74, 6) is -3.62. The maximum Gasteiger partial charge on any atom is 0.472 e. The Morgan fingerprint density at radius 1 is 1.00 bits per heavy atom. The van der Waals surface area contributed by atoms with Gasteiger partial charge in [0.1, 0.15) is 0 Å². The topological polar surface area (TPSA) is 3.24 Å². The Hall–Kier alpha value is -0.740. The van der Waals surface area contributed by atoms with Crippen LogP contribution in [-0.2, 0) is 0 Å². The summed E-state index contributed by atoms with van der Waals surface area (Å²) >= 11 is 0. The first-order chi connectivity index (χ1) is 5.76. The average Bonchev–Trinajstić information content (AvgIpc) is 2.01. The van der Waals surface area contributed by atoms with Crippen molar-refractivity contribution in [2.24, 2.45) is 0 Å². The van der Waals surface area contributed by atoms with E-state index in [1.165, 1.54) is 0 Å². The minimum atomic E-state index is -10.9. The lowest BCUT2D eigenvalue weighted by molar-refractivity contribution is -0.172. The van der Waals surface area contributed by atoms with Crippen molar-refractivity contribution in [1.82, 2.24) is 5.12 Å². The molecule has 14 heavy (non-hydrogen) atoms. The van der Waals surface area contributed by atoms with E-state index in [9.17, 15) is 37.6 Å². The Kier molecular flexibility index (Phi) is 1.47. The fourth-order valence-electron chi connectivity index (χ4n) is 0.630. The van der Waals surface area contributed by atoms with Crippen molar-refractivity contribution in [1.29, 1.82) is 0 Å². The van der Waals surface area contributed by atoms with Crippen molar-refractivity contribution in [2.75, 3.05) is 0 Å². The highest BCUT2D eigenvalue weighted by atomic mass is 32.5. The van der Waals surface area contributed by atoms with Crippen LogP contribution in [0.3, 0.4) is 0 Å². The van der Waals surface area contributed by atoms with E-state index in [0.717, 1.165) is 0 Å². The van der Waals surface area contributed by atoms with Gasteiger partial charge in [0.25, 0.3) is 20.9 Å². The van der Waals surface area contributed by atoms with Crippen LogP contribution in [0.25, 0.3) is 0 Å². The second kappa shape index (κ2) is 1.82. The number of alkyl halides is 2. The Labute approximate surface area is 70.1 Å². The van der Waals surface area contributed by atoms with E-state index < -0.39 is 31.4 Å². The summed E-state index contributed by atoms with van der Waals surface area (Å²) in [6, 6.07) is 0. The smallest absolute Gasteiger partial charge is 0.187 e. The predicted octanol–water partition coefficient (Wildman–Crippen LogP) is 4.22. The van der Waals surface area contributed by atoms with Gasteiger partial charge < -0.3 is 0 Å². The van der Waals surface area contributed by atoms with Gasteiger partial charge in [0.2, 0.25) is 0 Å². The van der Waals surface area contributed by atoms with Crippen LogP contribution in [0.4, 0.5) is 37.6 Å². The summed E-state index contributed by atoms with van der Waals surface area (Å²) in [6.45, 7) is 0. The van der Waals surface area contributed by atoms with Gasteiger partial charge in [-0.1, -0.05) is 9.60 Å². The molecule has 0 radical (unpaired) electrons. The molecule has 0 N–H and O–H groups in total. The van der Waals surface area contributed by atoms with Gasteiger partial charge in [-0.25, -0.2) is 0 Å². The van der Waals surface area contributed by atoms with E-state index in [1.54, 1.807) is 0 Å². The van der Waals surface area contributed by atoms with Gasteiger partial charge in [0, 0.05) is 0 Å². The minimum absolute atomic E-state index is 2.91. The number of hydrogen-bond donors (Lipinski definition) is 0. The molecule has 0 aromatic heterocycles. The molecule has 0 unspecified atom stereocenters. The first-order valence-electron chi connectivity index (χ1n) is 2.65. The Morgan fingerprint density at radius 2 is 1.36 bits per heavy atom. The second-order valence-corrected chi connectivity index (χ2v) is 5.39. The lowest BCUT2D eigenvalue weighted by Crippen LogP contribution is -2.40.